The van der Waals surface area contributed by atoms with Crippen LogP contribution >= 0.6 is 11.3 Å². The van der Waals surface area contributed by atoms with Crippen molar-refractivity contribution in [1.82, 2.24) is 5.32 Å². The Morgan fingerprint density at radius 1 is 1.67 bits per heavy atom. The summed E-state index contributed by atoms with van der Waals surface area (Å²) in [5.74, 6) is 0.00943. The Hall–Kier alpha value is -0.870. The van der Waals surface area contributed by atoms with Gasteiger partial charge in [-0.1, -0.05) is 6.92 Å². The van der Waals surface area contributed by atoms with Crippen LogP contribution in [0.4, 0.5) is 0 Å². The van der Waals surface area contributed by atoms with Crippen molar-refractivity contribution in [3.05, 3.63) is 21.9 Å². The van der Waals surface area contributed by atoms with Crippen LogP contribution < -0.4 is 5.32 Å². The van der Waals surface area contributed by atoms with Gasteiger partial charge >= 0.3 is 5.97 Å². The van der Waals surface area contributed by atoms with E-state index in [1.165, 1.54) is 24.2 Å². The summed E-state index contributed by atoms with van der Waals surface area (Å²) in [4.78, 5) is 11.8. The van der Waals surface area contributed by atoms with Gasteiger partial charge in [0.1, 0.15) is 0 Å². The number of hydrogen-bond acceptors (Lipinski definition) is 3. The van der Waals surface area contributed by atoms with Crippen LogP contribution in [0.25, 0.3) is 0 Å². The van der Waals surface area contributed by atoms with Gasteiger partial charge in [-0.3, -0.25) is 0 Å². The van der Waals surface area contributed by atoms with Gasteiger partial charge in [-0.15, -0.1) is 11.3 Å². The van der Waals surface area contributed by atoms with Crippen molar-refractivity contribution >= 4 is 17.3 Å². The van der Waals surface area contributed by atoms with E-state index >= 15 is 0 Å². The maximum Gasteiger partial charge on any atom is 0.336 e. The van der Waals surface area contributed by atoms with Gasteiger partial charge < -0.3 is 10.4 Å². The van der Waals surface area contributed by atoms with Gasteiger partial charge in [0.2, 0.25) is 0 Å². The topological polar surface area (TPSA) is 49.3 Å². The minimum absolute atomic E-state index is 0.402. The molecule has 1 heterocycles. The molecular weight excluding hydrogens is 210 g/mol. The molecule has 0 atom stereocenters. The first-order chi connectivity index (χ1) is 7.15. The van der Waals surface area contributed by atoms with Crippen molar-refractivity contribution in [3.8, 4) is 0 Å². The minimum Gasteiger partial charge on any atom is -0.478 e. The summed E-state index contributed by atoms with van der Waals surface area (Å²) in [5.41, 5.74) is 0.402. The molecule has 1 aliphatic carbocycles. The molecule has 3 nitrogen and oxygen atoms in total. The van der Waals surface area contributed by atoms with Gasteiger partial charge in [0, 0.05) is 22.8 Å². The molecular formula is C11H15NO2S. The lowest BCUT2D eigenvalue weighted by molar-refractivity contribution is 0.0697. The third-order valence-electron chi connectivity index (χ3n) is 2.84. The quantitative estimate of drug-likeness (QED) is 0.827. The number of carboxylic acid groups (broad SMARTS) is 1. The van der Waals surface area contributed by atoms with E-state index in [-0.39, 0.29) is 0 Å². The van der Waals surface area contributed by atoms with Crippen molar-refractivity contribution in [1.29, 1.82) is 0 Å². The molecule has 1 aromatic heterocycles. The summed E-state index contributed by atoms with van der Waals surface area (Å²) in [5, 5.41) is 13.9. The average molecular weight is 225 g/mol. The fourth-order valence-electron chi connectivity index (χ4n) is 1.90. The first kappa shape index (κ1) is 10.6. The van der Waals surface area contributed by atoms with Gasteiger partial charge in [0.05, 0.1) is 5.56 Å². The fourth-order valence-corrected chi connectivity index (χ4v) is 2.71. The molecule has 1 fully saturated rings. The molecule has 15 heavy (non-hydrogen) atoms. The Kier molecular flexibility index (Phi) is 3.07. The molecule has 0 radical (unpaired) electrons. The lowest BCUT2D eigenvalue weighted by Gasteiger charge is -2.33. The summed E-state index contributed by atoms with van der Waals surface area (Å²) >= 11 is 1.51. The number of nitrogens with one attached hydrogen (secondary N) is 1. The molecule has 0 saturated heterocycles. The molecule has 0 spiro atoms. The van der Waals surface area contributed by atoms with Crippen molar-refractivity contribution in [3.63, 3.8) is 0 Å². The molecule has 4 heteroatoms. The first-order valence-electron chi connectivity index (χ1n) is 5.19. The zero-order chi connectivity index (χ0) is 10.8. The highest BCUT2D eigenvalue weighted by atomic mass is 32.1. The Labute approximate surface area is 93.1 Å². The SMILES string of the molecule is CC1CC(NCc2cc(C(=O)O)cs2)C1. The zero-order valence-electron chi connectivity index (χ0n) is 8.69. The minimum atomic E-state index is -0.838. The smallest absolute Gasteiger partial charge is 0.336 e. The van der Waals surface area contributed by atoms with E-state index in [0.717, 1.165) is 17.3 Å². The van der Waals surface area contributed by atoms with Crippen LogP contribution in [0.1, 0.15) is 35.0 Å². The summed E-state index contributed by atoms with van der Waals surface area (Å²) in [6.45, 7) is 3.06. The number of hydrogen-bond donors (Lipinski definition) is 2. The predicted molar refractivity (Wildman–Crippen MR) is 60.3 cm³/mol. The molecule has 82 valence electrons. The van der Waals surface area contributed by atoms with E-state index in [1.807, 2.05) is 0 Å². The zero-order valence-corrected chi connectivity index (χ0v) is 9.51. The van der Waals surface area contributed by atoms with Gasteiger partial charge in [0.25, 0.3) is 0 Å². The summed E-state index contributed by atoms with van der Waals surface area (Å²) < 4.78 is 0. The average Bonchev–Trinajstić information content (AvgIpc) is 2.59. The number of carbonyl (C=O) groups is 1. The molecule has 2 N–H and O–H groups in total. The highest BCUT2D eigenvalue weighted by Gasteiger charge is 2.24. The lowest BCUT2D eigenvalue weighted by Crippen LogP contribution is -2.39. The molecule has 1 saturated carbocycles. The first-order valence-corrected chi connectivity index (χ1v) is 6.07. The lowest BCUT2D eigenvalue weighted by atomic mass is 9.82. The van der Waals surface area contributed by atoms with Crippen LogP contribution in [0.3, 0.4) is 0 Å². The molecule has 2 rings (SSSR count). The molecule has 1 aliphatic rings. The number of aromatic carboxylic acids is 1. The van der Waals surface area contributed by atoms with E-state index in [0.29, 0.717) is 11.6 Å². The second-order valence-electron chi connectivity index (χ2n) is 4.26. The third kappa shape index (κ3) is 2.58. The predicted octanol–water partition coefficient (Wildman–Crippen LogP) is 2.33. The largest absolute Gasteiger partial charge is 0.478 e. The van der Waals surface area contributed by atoms with Crippen LogP contribution in [-0.2, 0) is 6.54 Å². The molecule has 0 aliphatic heterocycles. The van der Waals surface area contributed by atoms with E-state index in [9.17, 15) is 4.79 Å². The third-order valence-corrected chi connectivity index (χ3v) is 3.78. The summed E-state index contributed by atoms with van der Waals surface area (Å²) in [6, 6.07) is 2.39. The Balaban J connectivity index is 1.81. The second-order valence-corrected chi connectivity index (χ2v) is 5.26. The summed E-state index contributed by atoms with van der Waals surface area (Å²) in [6.07, 6.45) is 2.49. The van der Waals surface area contributed by atoms with E-state index in [1.54, 1.807) is 11.4 Å². The molecule has 0 bridgehead atoms. The van der Waals surface area contributed by atoms with Crippen molar-refractivity contribution in [2.45, 2.75) is 32.4 Å². The highest BCUT2D eigenvalue weighted by molar-refractivity contribution is 7.10. The van der Waals surface area contributed by atoms with Crippen molar-refractivity contribution in [2.24, 2.45) is 5.92 Å². The van der Waals surface area contributed by atoms with E-state index in [4.69, 9.17) is 5.11 Å². The molecule has 0 amide bonds. The monoisotopic (exact) mass is 225 g/mol. The molecule has 0 aromatic carbocycles. The number of carboxylic acids is 1. The Morgan fingerprint density at radius 2 is 2.40 bits per heavy atom. The highest BCUT2D eigenvalue weighted by Crippen LogP contribution is 2.26. The Bertz CT molecular complexity index is 355. The maximum atomic E-state index is 10.6. The van der Waals surface area contributed by atoms with Crippen LogP contribution in [0.15, 0.2) is 11.4 Å². The van der Waals surface area contributed by atoms with Crippen LogP contribution in [0.5, 0.6) is 0 Å². The fraction of sp³-hybridized carbons (Fsp3) is 0.545. The van der Waals surface area contributed by atoms with Gasteiger partial charge in [-0.05, 0) is 24.8 Å². The van der Waals surface area contributed by atoms with E-state index in [2.05, 4.69) is 12.2 Å². The second kappa shape index (κ2) is 4.33. The molecule has 1 aromatic rings. The van der Waals surface area contributed by atoms with Crippen LogP contribution in [-0.4, -0.2) is 17.1 Å². The Morgan fingerprint density at radius 3 is 2.93 bits per heavy atom. The van der Waals surface area contributed by atoms with Gasteiger partial charge in [0.15, 0.2) is 0 Å². The van der Waals surface area contributed by atoms with Gasteiger partial charge in [-0.25, -0.2) is 4.79 Å². The van der Waals surface area contributed by atoms with E-state index < -0.39 is 5.97 Å². The summed E-state index contributed by atoms with van der Waals surface area (Å²) in [7, 11) is 0. The van der Waals surface area contributed by atoms with Crippen molar-refractivity contribution in [2.75, 3.05) is 0 Å². The maximum absolute atomic E-state index is 10.6. The number of rotatable bonds is 4. The number of thiophene rings is 1. The van der Waals surface area contributed by atoms with Gasteiger partial charge in [-0.2, -0.15) is 0 Å². The van der Waals surface area contributed by atoms with Crippen molar-refractivity contribution < 1.29 is 9.90 Å². The normalized spacial score (nSPS) is 24.9. The van der Waals surface area contributed by atoms with Crippen LogP contribution in [0, 0.1) is 5.92 Å². The van der Waals surface area contributed by atoms with Crippen LogP contribution in [0.2, 0.25) is 0 Å². The standard InChI is InChI=1S/C11H15NO2S/c1-7-2-9(3-7)12-5-10-4-8(6-15-10)11(13)14/h4,6-7,9,12H,2-3,5H2,1H3,(H,13,14). The molecule has 0 unspecified atom stereocenters.